The van der Waals surface area contributed by atoms with Gasteiger partial charge in [0.05, 0.1) is 24.4 Å². The zero-order chi connectivity index (χ0) is 24.7. The first kappa shape index (κ1) is 25.4. The van der Waals surface area contributed by atoms with Crippen molar-refractivity contribution in [3.05, 3.63) is 96.6 Å². The SMILES string of the molecule is CC(C)(C)[Si](O[C@@H]1CCCO[C@H]1CCOC(=O)c1ccccc1)(c1ccccc1)c1ccccc1. The van der Waals surface area contributed by atoms with E-state index in [9.17, 15) is 4.79 Å². The summed E-state index contributed by atoms with van der Waals surface area (Å²) in [5.74, 6) is -0.300. The average Bonchev–Trinajstić information content (AvgIpc) is 2.89. The van der Waals surface area contributed by atoms with Crippen LogP contribution in [0.15, 0.2) is 91.0 Å². The van der Waals surface area contributed by atoms with Gasteiger partial charge in [-0.05, 0) is 40.4 Å². The normalized spacial score (nSPS) is 18.7. The van der Waals surface area contributed by atoms with Crippen LogP contribution in [0.5, 0.6) is 0 Å². The first-order valence-electron chi connectivity index (χ1n) is 12.5. The van der Waals surface area contributed by atoms with Crippen LogP contribution < -0.4 is 10.4 Å². The van der Waals surface area contributed by atoms with Crippen molar-refractivity contribution in [3.63, 3.8) is 0 Å². The molecule has 4 nitrogen and oxygen atoms in total. The molecule has 0 amide bonds. The van der Waals surface area contributed by atoms with Crippen molar-refractivity contribution in [2.75, 3.05) is 13.2 Å². The third kappa shape index (κ3) is 5.75. The highest BCUT2D eigenvalue weighted by Crippen LogP contribution is 2.39. The van der Waals surface area contributed by atoms with Crippen molar-refractivity contribution >= 4 is 24.7 Å². The van der Waals surface area contributed by atoms with E-state index in [1.165, 1.54) is 10.4 Å². The number of esters is 1. The second-order valence-electron chi connectivity index (χ2n) is 10.2. The topological polar surface area (TPSA) is 44.8 Å². The molecule has 35 heavy (non-hydrogen) atoms. The molecule has 0 unspecified atom stereocenters. The van der Waals surface area contributed by atoms with Crippen LogP contribution >= 0.6 is 0 Å². The maximum absolute atomic E-state index is 12.4. The van der Waals surface area contributed by atoms with Gasteiger partial charge < -0.3 is 13.9 Å². The molecule has 0 radical (unpaired) electrons. The van der Waals surface area contributed by atoms with E-state index < -0.39 is 8.32 Å². The zero-order valence-corrected chi connectivity index (χ0v) is 22.0. The van der Waals surface area contributed by atoms with Gasteiger partial charge in [-0.3, -0.25) is 0 Å². The van der Waals surface area contributed by atoms with Crippen molar-refractivity contribution in [2.24, 2.45) is 0 Å². The third-order valence-electron chi connectivity index (χ3n) is 6.77. The number of carbonyl (C=O) groups excluding carboxylic acids is 1. The molecule has 1 aliphatic rings. The Kier molecular flexibility index (Phi) is 8.21. The fourth-order valence-electron chi connectivity index (χ4n) is 5.06. The van der Waals surface area contributed by atoms with Crippen molar-refractivity contribution < 1.29 is 18.7 Å². The Morgan fingerprint density at radius 1 is 0.886 bits per heavy atom. The van der Waals surface area contributed by atoms with Crippen LogP contribution in [0.1, 0.15) is 50.4 Å². The van der Waals surface area contributed by atoms with E-state index in [4.69, 9.17) is 13.9 Å². The molecular weight excluding hydrogens is 452 g/mol. The molecule has 3 aromatic carbocycles. The summed E-state index contributed by atoms with van der Waals surface area (Å²) < 4.78 is 19.1. The number of ether oxygens (including phenoxy) is 2. The lowest BCUT2D eigenvalue weighted by Gasteiger charge is -2.47. The fraction of sp³-hybridized carbons (Fsp3) is 0.367. The molecule has 184 valence electrons. The van der Waals surface area contributed by atoms with Crippen LogP contribution in [-0.4, -0.2) is 39.7 Å². The largest absolute Gasteiger partial charge is 0.462 e. The summed E-state index contributed by atoms with van der Waals surface area (Å²) in [5.41, 5.74) is 0.567. The smallest absolute Gasteiger partial charge is 0.338 e. The molecule has 0 bridgehead atoms. The molecule has 5 heteroatoms. The second-order valence-corrected chi connectivity index (χ2v) is 14.4. The summed E-state index contributed by atoms with van der Waals surface area (Å²) >= 11 is 0. The number of carbonyl (C=O) groups is 1. The molecule has 2 atom stereocenters. The lowest BCUT2D eigenvalue weighted by Crippen LogP contribution is -2.68. The lowest BCUT2D eigenvalue weighted by molar-refractivity contribution is -0.0758. The van der Waals surface area contributed by atoms with E-state index >= 15 is 0 Å². The summed E-state index contributed by atoms with van der Waals surface area (Å²) in [6.07, 6.45) is 2.33. The second kappa shape index (κ2) is 11.3. The van der Waals surface area contributed by atoms with Gasteiger partial charge in [-0.2, -0.15) is 0 Å². The molecule has 4 rings (SSSR count). The van der Waals surface area contributed by atoms with E-state index in [0.717, 1.165) is 12.8 Å². The van der Waals surface area contributed by atoms with Crippen LogP contribution in [0.2, 0.25) is 5.04 Å². The number of benzene rings is 3. The molecule has 0 spiro atoms. The van der Waals surface area contributed by atoms with E-state index in [-0.39, 0.29) is 23.2 Å². The third-order valence-corrected chi connectivity index (χ3v) is 11.8. The highest BCUT2D eigenvalue weighted by molar-refractivity contribution is 6.99. The molecule has 1 aliphatic heterocycles. The van der Waals surface area contributed by atoms with E-state index in [2.05, 4.69) is 81.4 Å². The predicted molar refractivity (Wildman–Crippen MR) is 143 cm³/mol. The van der Waals surface area contributed by atoms with Crippen LogP contribution in [0.4, 0.5) is 0 Å². The number of rotatable bonds is 8. The summed E-state index contributed by atoms with van der Waals surface area (Å²) in [5, 5.41) is 2.43. The predicted octanol–water partition coefficient (Wildman–Crippen LogP) is 5.36. The van der Waals surface area contributed by atoms with Crippen molar-refractivity contribution in [1.29, 1.82) is 0 Å². The Morgan fingerprint density at radius 3 is 1.97 bits per heavy atom. The van der Waals surface area contributed by atoms with Gasteiger partial charge in [0, 0.05) is 13.0 Å². The van der Waals surface area contributed by atoms with Crippen LogP contribution in [-0.2, 0) is 13.9 Å². The molecule has 1 fully saturated rings. The molecule has 0 saturated carbocycles. The maximum atomic E-state index is 12.4. The number of hydrogen-bond donors (Lipinski definition) is 0. The van der Waals surface area contributed by atoms with Gasteiger partial charge in [0.1, 0.15) is 0 Å². The molecular formula is C30H36O4Si. The Morgan fingerprint density at radius 2 is 1.43 bits per heavy atom. The van der Waals surface area contributed by atoms with Crippen LogP contribution in [0.3, 0.4) is 0 Å². The average molecular weight is 489 g/mol. The Balaban J connectivity index is 1.58. The van der Waals surface area contributed by atoms with E-state index in [1.54, 1.807) is 12.1 Å². The molecule has 0 aliphatic carbocycles. The Bertz CT molecular complexity index is 1020. The molecule has 0 aromatic heterocycles. The summed E-state index contributed by atoms with van der Waals surface area (Å²) in [6, 6.07) is 30.5. The van der Waals surface area contributed by atoms with Gasteiger partial charge in [-0.25, -0.2) is 4.79 Å². The van der Waals surface area contributed by atoms with Gasteiger partial charge >= 0.3 is 5.97 Å². The van der Waals surface area contributed by atoms with Gasteiger partial charge in [0.15, 0.2) is 0 Å². The highest BCUT2D eigenvalue weighted by atomic mass is 28.4. The maximum Gasteiger partial charge on any atom is 0.338 e. The molecule has 1 saturated heterocycles. The fourth-order valence-corrected chi connectivity index (χ4v) is 9.80. The monoisotopic (exact) mass is 488 g/mol. The summed E-state index contributed by atoms with van der Waals surface area (Å²) in [4.78, 5) is 12.4. The van der Waals surface area contributed by atoms with Gasteiger partial charge in [-0.1, -0.05) is 99.6 Å². The highest BCUT2D eigenvalue weighted by Gasteiger charge is 2.52. The molecule has 1 heterocycles. The minimum absolute atomic E-state index is 0.0644. The lowest BCUT2D eigenvalue weighted by atomic mass is 10.0. The Labute approximate surface area is 210 Å². The van der Waals surface area contributed by atoms with Crippen LogP contribution in [0, 0.1) is 0 Å². The Hall–Kier alpha value is -2.73. The van der Waals surface area contributed by atoms with Gasteiger partial charge in [0.2, 0.25) is 0 Å². The van der Waals surface area contributed by atoms with Crippen molar-refractivity contribution in [1.82, 2.24) is 0 Å². The summed E-state index contributed by atoms with van der Waals surface area (Å²) in [6.45, 7) is 7.88. The van der Waals surface area contributed by atoms with Crippen molar-refractivity contribution in [2.45, 2.75) is 57.3 Å². The first-order valence-corrected chi connectivity index (χ1v) is 14.5. The zero-order valence-electron chi connectivity index (χ0n) is 21.0. The first-order chi connectivity index (χ1) is 16.9. The molecule has 0 N–H and O–H groups in total. The summed E-state index contributed by atoms with van der Waals surface area (Å²) in [7, 11) is -2.68. The van der Waals surface area contributed by atoms with Crippen LogP contribution in [0.25, 0.3) is 0 Å². The van der Waals surface area contributed by atoms with Gasteiger partial charge in [0.25, 0.3) is 8.32 Å². The van der Waals surface area contributed by atoms with E-state index in [1.807, 2.05) is 18.2 Å². The standard InChI is InChI=1S/C30H36O4Si/c1-30(2,3)35(25-16-9-5-10-17-25,26-18-11-6-12-19-26)34-28-20-13-22-32-27(28)21-23-33-29(31)24-14-7-4-8-15-24/h4-12,14-19,27-28H,13,20-23H2,1-3H3/t27-,28+/m0/s1. The van der Waals surface area contributed by atoms with Crippen molar-refractivity contribution in [3.8, 4) is 0 Å². The minimum Gasteiger partial charge on any atom is -0.462 e. The minimum atomic E-state index is -2.68. The van der Waals surface area contributed by atoms with Gasteiger partial charge in [-0.15, -0.1) is 0 Å². The number of hydrogen-bond acceptors (Lipinski definition) is 4. The quantitative estimate of drug-likeness (QED) is 0.316. The van der Waals surface area contributed by atoms with E-state index in [0.29, 0.717) is 25.2 Å². The molecule has 3 aromatic rings.